The van der Waals surface area contributed by atoms with Gasteiger partial charge in [-0.05, 0) is 88.3 Å². The number of hydrogen-bond acceptors (Lipinski definition) is 7. The lowest BCUT2D eigenvalue weighted by molar-refractivity contribution is -0.157. The van der Waals surface area contributed by atoms with Crippen LogP contribution in [-0.4, -0.2) is 64.2 Å². The highest BCUT2D eigenvalue weighted by Crippen LogP contribution is 2.47. The summed E-state index contributed by atoms with van der Waals surface area (Å²) in [5.41, 5.74) is 10.9. The number of morpholine rings is 2. The Bertz CT molecular complexity index is 1120. The molecule has 2 saturated heterocycles. The Morgan fingerprint density at radius 1 is 0.756 bits per heavy atom. The molecule has 224 valence electrons. The van der Waals surface area contributed by atoms with Crippen molar-refractivity contribution in [1.29, 1.82) is 0 Å². The van der Waals surface area contributed by atoms with Crippen LogP contribution in [0.1, 0.15) is 76.8 Å². The van der Waals surface area contributed by atoms with Crippen molar-refractivity contribution in [2.45, 2.75) is 82.3 Å². The van der Waals surface area contributed by atoms with Crippen molar-refractivity contribution < 1.29 is 19.0 Å². The molecule has 2 heterocycles. The van der Waals surface area contributed by atoms with Gasteiger partial charge in [0.1, 0.15) is 5.60 Å². The van der Waals surface area contributed by atoms with Gasteiger partial charge < -0.3 is 29.7 Å². The number of benzene rings is 2. The molecule has 7 nitrogen and oxygen atoms in total. The van der Waals surface area contributed by atoms with E-state index in [0.29, 0.717) is 6.42 Å². The Balaban J connectivity index is 0.000000174. The number of esters is 1. The van der Waals surface area contributed by atoms with Gasteiger partial charge in [-0.3, -0.25) is 4.79 Å². The highest BCUT2D eigenvalue weighted by molar-refractivity contribution is 5.72. The van der Waals surface area contributed by atoms with Crippen LogP contribution in [0.2, 0.25) is 0 Å². The first kappa shape index (κ1) is 29.9. The Labute approximate surface area is 246 Å². The fourth-order valence-corrected chi connectivity index (χ4v) is 6.34. The molecule has 0 atom stereocenters. The molecule has 0 spiro atoms. The Morgan fingerprint density at radius 3 is 1.56 bits per heavy atom. The molecule has 2 aromatic carbocycles. The molecule has 2 N–H and O–H groups in total. The SMILES string of the molecule is CC(C)(C)OC(=O)CC1(c2ccc(N3CCOCC3)cc2)CCC1.NC1(c2ccc(N3CCOCC3)cc2)CCC1. The van der Waals surface area contributed by atoms with Crippen LogP contribution in [0, 0.1) is 0 Å². The molecule has 2 aromatic rings. The van der Waals surface area contributed by atoms with Crippen molar-refractivity contribution in [3.8, 4) is 0 Å². The molecule has 2 aliphatic heterocycles. The van der Waals surface area contributed by atoms with E-state index >= 15 is 0 Å². The van der Waals surface area contributed by atoms with Gasteiger partial charge in [-0.2, -0.15) is 0 Å². The largest absolute Gasteiger partial charge is 0.460 e. The van der Waals surface area contributed by atoms with E-state index in [2.05, 4.69) is 58.3 Å². The lowest BCUT2D eigenvalue weighted by Crippen LogP contribution is -2.43. The van der Waals surface area contributed by atoms with Gasteiger partial charge >= 0.3 is 5.97 Å². The van der Waals surface area contributed by atoms with E-state index in [-0.39, 0.29) is 16.9 Å². The maximum atomic E-state index is 12.3. The Kier molecular flexibility index (Phi) is 9.27. The number of anilines is 2. The molecular weight excluding hydrogens is 514 g/mol. The summed E-state index contributed by atoms with van der Waals surface area (Å²) in [5.74, 6) is -0.0838. The molecule has 6 rings (SSSR count). The van der Waals surface area contributed by atoms with Gasteiger partial charge in [0.2, 0.25) is 0 Å². The van der Waals surface area contributed by atoms with Crippen LogP contribution in [0.3, 0.4) is 0 Å². The molecular formula is C34H49N3O4. The predicted molar refractivity (Wildman–Crippen MR) is 165 cm³/mol. The minimum absolute atomic E-state index is 0.0220. The lowest BCUT2D eigenvalue weighted by Gasteiger charge is -2.42. The van der Waals surface area contributed by atoms with E-state index in [1.54, 1.807) is 0 Å². The fraction of sp³-hybridized carbons (Fsp3) is 0.618. The molecule has 0 radical (unpaired) electrons. The second kappa shape index (κ2) is 12.7. The van der Waals surface area contributed by atoms with Gasteiger partial charge in [0.15, 0.2) is 0 Å². The van der Waals surface area contributed by atoms with Crippen molar-refractivity contribution in [3.63, 3.8) is 0 Å². The monoisotopic (exact) mass is 563 g/mol. The summed E-state index contributed by atoms with van der Waals surface area (Å²) in [6, 6.07) is 17.6. The van der Waals surface area contributed by atoms with Gasteiger partial charge in [-0.15, -0.1) is 0 Å². The van der Waals surface area contributed by atoms with Crippen LogP contribution >= 0.6 is 0 Å². The zero-order valence-electron chi connectivity index (χ0n) is 25.3. The summed E-state index contributed by atoms with van der Waals surface area (Å²) in [6.45, 7) is 12.9. The normalized spacial score (nSPS) is 21.6. The van der Waals surface area contributed by atoms with Crippen LogP contribution in [-0.2, 0) is 30.0 Å². The molecule has 0 amide bonds. The predicted octanol–water partition coefficient (Wildman–Crippen LogP) is 5.54. The summed E-state index contributed by atoms with van der Waals surface area (Å²) in [6.07, 6.45) is 7.34. The van der Waals surface area contributed by atoms with Crippen LogP contribution in [0.5, 0.6) is 0 Å². The first-order valence-electron chi connectivity index (χ1n) is 15.5. The zero-order chi connectivity index (χ0) is 28.9. The lowest BCUT2D eigenvalue weighted by atomic mass is 9.62. The molecule has 4 aliphatic rings. The van der Waals surface area contributed by atoms with Gasteiger partial charge in [0, 0.05) is 48.5 Å². The maximum absolute atomic E-state index is 12.3. The third kappa shape index (κ3) is 7.43. The molecule has 4 fully saturated rings. The van der Waals surface area contributed by atoms with Gasteiger partial charge in [-0.25, -0.2) is 0 Å². The number of ether oxygens (including phenoxy) is 3. The number of rotatable bonds is 6. The third-order valence-electron chi connectivity index (χ3n) is 9.13. The van der Waals surface area contributed by atoms with Crippen molar-refractivity contribution in [2.24, 2.45) is 5.73 Å². The molecule has 41 heavy (non-hydrogen) atoms. The molecule has 7 heteroatoms. The number of carbonyl (C=O) groups excluding carboxylic acids is 1. The fourth-order valence-electron chi connectivity index (χ4n) is 6.34. The highest BCUT2D eigenvalue weighted by Gasteiger charge is 2.41. The van der Waals surface area contributed by atoms with Crippen molar-refractivity contribution in [3.05, 3.63) is 59.7 Å². The van der Waals surface area contributed by atoms with Crippen molar-refractivity contribution >= 4 is 17.3 Å². The summed E-state index contributed by atoms with van der Waals surface area (Å²) in [7, 11) is 0. The Hall–Kier alpha value is -2.61. The molecule has 2 saturated carbocycles. The average Bonchev–Trinajstić information content (AvgIpc) is 2.94. The van der Waals surface area contributed by atoms with Gasteiger partial charge in [-0.1, -0.05) is 30.7 Å². The van der Waals surface area contributed by atoms with Gasteiger partial charge in [0.05, 0.1) is 32.8 Å². The van der Waals surface area contributed by atoms with Crippen LogP contribution in [0.15, 0.2) is 48.5 Å². The van der Waals surface area contributed by atoms with Crippen molar-refractivity contribution in [2.75, 3.05) is 62.4 Å². The topological polar surface area (TPSA) is 77.3 Å². The minimum Gasteiger partial charge on any atom is -0.460 e. The van der Waals surface area contributed by atoms with Gasteiger partial charge in [0.25, 0.3) is 0 Å². The summed E-state index contributed by atoms with van der Waals surface area (Å²) in [4.78, 5) is 17.0. The second-order valence-corrected chi connectivity index (χ2v) is 13.2. The second-order valence-electron chi connectivity index (χ2n) is 13.2. The molecule has 0 aromatic heterocycles. The maximum Gasteiger partial charge on any atom is 0.307 e. The zero-order valence-corrected chi connectivity index (χ0v) is 25.3. The smallest absolute Gasteiger partial charge is 0.307 e. The number of nitrogens with two attached hydrogens (primary N) is 1. The van der Waals surface area contributed by atoms with E-state index in [0.717, 1.165) is 78.3 Å². The number of hydrogen-bond donors (Lipinski definition) is 1. The molecule has 0 unspecified atom stereocenters. The number of nitrogens with zero attached hydrogens (tertiary/aromatic N) is 2. The van der Waals surface area contributed by atoms with E-state index in [9.17, 15) is 4.79 Å². The van der Waals surface area contributed by atoms with Crippen molar-refractivity contribution in [1.82, 2.24) is 0 Å². The van der Waals surface area contributed by atoms with Crippen LogP contribution in [0.4, 0.5) is 11.4 Å². The summed E-state index contributed by atoms with van der Waals surface area (Å²) < 4.78 is 16.3. The summed E-state index contributed by atoms with van der Waals surface area (Å²) in [5, 5.41) is 0. The summed E-state index contributed by atoms with van der Waals surface area (Å²) >= 11 is 0. The third-order valence-corrected chi connectivity index (χ3v) is 9.13. The first-order valence-corrected chi connectivity index (χ1v) is 15.5. The quantitative estimate of drug-likeness (QED) is 0.463. The first-order chi connectivity index (χ1) is 19.7. The standard InChI is InChI=1S/C20H29NO3.C14H20N2O/c1-19(2,3)24-18(22)15-20(9-4-10-20)16-5-7-17(8-6-16)21-11-13-23-14-12-21;15-14(6-1-7-14)12-2-4-13(5-3-12)16-8-10-17-11-9-16/h5-8H,4,9-15H2,1-3H3;2-5H,1,6-11,15H2. The molecule has 2 aliphatic carbocycles. The average molecular weight is 564 g/mol. The van der Waals surface area contributed by atoms with E-state index in [1.165, 1.54) is 35.3 Å². The highest BCUT2D eigenvalue weighted by atomic mass is 16.6. The number of carbonyl (C=O) groups is 1. The van der Waals surface area contributed by atoms with E-state index in [4.69, 9.17) is 19.9 Å². The van der Waals surface area contributed by atoms with E-state index < -0.39 is 5.60 Å². The Morgan fingerprint density at radius 2 is 1.20 bits per heavy atom. The van der Waals surface area contributed by atoms with Crippen LogP contribution < -0.4 is 15.5 Å². The van der Waals surface area contributed by atoms with Crippen LogP contribution in [0.25, 0.3) is 0 Å². The molecule has 0 bridgehead atoms. The minimum atomic E-state index is -0.414. The van der Waals surface area contributed by atoms with E-state index in [1.807, 2.05) is 20.8 Å².